The van der Waals surface area contributed by atoms with Gasteiger partial charge in [-0.3, -0.25) is 0 Å². The molecule has 0 amide bonds. The Morgan fingerprint density at radius 3 is 1.17 bits per heavy atom. The molecule has 2 nitrogen and oxygen atoms in total. The zero-order valence-electron chi connectivity index (χ0n) is 2.73. The minimum absolute atomic E-state index is 0. The largest absolute Gasteiger partial charge is 3.00 e. The fourth-order valence-corrected chi connectivity index (χ4v) is 0. The molecule has 0 rings (SSSR count). The van der Waals surface area contributed by atoms with Gasteiger partial charge in [0, 0.05) is 0 Å². The molecule has 0 aliphatic carbocycles. The van der Waals surface area contributed by atoms with E-state index in [0.717, 1.165) is 0 Å². The molecular formula is BiI2O2Zn+3. The van der Waals surface area contributed by atoms with Gasteiger partial charge in [-0.1, -0.05) is 0 Å². The van der Waals surface area contributed by atoms with Crippen LogP contribution in [0, 0.1) is 0 Å². The van der Waals surface area contributed by atoms with Gasteiger partial charge >= 0.3 is 45.7 Å². The van der Waals surface area contributed by atoms with E-state index in [0.29, 0.717) is 0 Å². The molecule has 0 aromatic carbocycles. The second-order valence-electron chi connectivity index (χ2n) is 0.0583. The van der Waals surface area contributed by atoms with Gasteiger partial charge in [0.15, 0.2) is 0 Å². The monoisotopic (exact) mass is 559 g/mol. The van der Waals surface area contributed by atoms with E-state index in [4.69, 9.17) is 0 Å². The quantitative estimate of drug-likeness (QED) is 0.325. The summed E-state index contributed by atoms with van der Waals surface area (Å²) in [6, 6.07) is 0. The van der Waals surface area contributed by atoms with Crippen LogP contribution in [0.2, 0.25) is 0 Å². The van der Waals surface area contributed by atoms with Gasteiger partial charge in [-0.2, -0.15) is 0 Å². The minimum Gasteiger partial charge on any atom is -2.00 e. The summed E-state index contributed by atoms with van der Waals surface area (Å²) < 4.78 is 4.19. The first-order valence-electron chi connectivity index (χ1n) is 0.309. The fourth-order valence-electron chi connectivity index (χ4n) is 0. The standard InChI is InChI=1S/Bi.I2O.O.Zn/c;1-3-2;;/q+3;;-2;+2. The van der Waals surface area contributed by atoms with Crippen molar-refractivity contribution in [2.75, 3.05) is 0 Å². The van der Waals surface area contributed by atoms with Gasteiger partial charge < -0.3 is 5.48 Å². The molecule has 0 saturated carbocycles. The van der Waals surface area contributed by atoms with E-state index in [1.807, 2.05) is 0 Å². The molecule has 0 aromatic heterocycles. The van der Waals surface area contributed by atoms with Crippen LogP contribution in [0.3, 0.4) is 0 Å². The van der Waals surface area contributed by atoms with Gasteiger partial charge in [0.25, 0.3) is 0 Å². The molecule has 0 aliphatic rings. The van der Waals surface area contributed by atoms with Crippen molar-refractivity contribution in [2.45, 2.75) is 0 Å². The summed E-state index contributed by atoms with van der Waals surface area (Å²) in [6.07, 6.45) is 0. The van der Waals surface area contributed by atoms with Crippen LogP contribution in [-0.2, 0) is 26.3 Å². The zero-order valence-corrected chi connectivity index (χ0v) is 13.5. The number of rotatable bonds is 0. The van der Waals surface area contributed by atoms with Gasteiger partial charge in [0.1, 0.15) is 46.0 Å². The summed E-state index contributed by atoms with van der Waals surface area (Å²) in [4.78, 5) is 0. The molecule has 0 fully saturated rings. The van der Waals surface area contributed by atoms with Crippen LogP contribution in [0.15, 0.2) is 0 Å². The first-order valence-corrected chi connectivity index (χ1v) is 2.07. The maximum Gasteiger partial charge on any atom is 3.00 e. The molecule has 0 spiro atoms. The molecule has 2 radical (unpaired) electrons. The van der Waals surface area contributed by atoms with E-state index in [-0.39, 0.29) is 51.2 Å². The average Bonchev–Trinajstić information content (AvgIpc) is 0.918. The molecule has 0 bridgehead atoms. The van der Waals surface area contributed by atoms with E-state index in [1.54, 1.807) is 46.0 Å². The van der Waals surface area contributed by atoms with Crippen molar-refractivity contribution in [3.8, 4) is 0 Å². The van der Waals surface area contributed by atoms with Gasteiger partial charge in [-0.15, -0.1) is 0 Å². The Hall–Kier alpha value is 2.89. The third kappa shape index (κ3) is 28.6. The fraction of sp³-hybridized carbons (Fsp3) is 0. The molecule has 0 heterocycles. The Labute approximate surface area is 96.7 Å². The van der Waals surface area contributed by atoms with E-state index in [9.17, 15) is 0 Å². The molecule has 0 aliphatic heterocycles. The van der Waals surface area contributed by atoms with Crippen molar-refractivity contribution < 1.29 is 26.3 Å². The van der Waals surface area contributed by atoms with Crippen LogP contribution in [-0.4, -0.2) is 26.2 Å². The van der Waals surface area contributed by atoms with Crippen LogP contribution >= 0.6 is 46.0 Å². The Bertz CT molecular complexity index is 11.5. The van der Waals surface area contributed by atoms with Crippen molar-refractivity contribution in [3.05, 3.63) is 0 Å². The zero-order chi connectivity index (χ0) is 2.71. The van der Waals surface area contributed by atoms with Crippen LogP contribution < -0.4 is 0 Å². The maximum atomic E-state index is 4.19. The van der Waals surface area contributed by atoms with E-state index < -0.39 is 0 Å². The van der Waals surface area contributed by atoms with Crippen molar-refractivity contribution in [1.82, 2.24) is 0 Å². The van der Waals surface area contributed by atoms with E-state index in [2.05, 4.69) is 1.40 Å². The number of halogens is 2. The van der Waals surface area contributed by atoms with Gasteiger partial charge in [0.05, 0.1) is 0 Å². The molecule has 0 unspecified atom stereocenters. The minimum atomic E-state index is 0. The van der Waals surface area contributed by atoms with Crippen LogP contribution in [0.25, 0.3) is 0 Å². The molecule has 0 saturated heterocycles. The Balaban J connectivity index is -0.00000000667. The molecule has 6 heavy (non-hydrogen) atoms. The van der Waals surface area contributed by atoms with Crippen molar-refractivity contribution >= 4 is 72.2 Å². The second kappa shape index (κ2) is 24.8. The first kappa shape index (κ1) is 23.1. The van der Waals surface area contributed by atoms with Gasteiger partial charge in [0.2, 0.25) is 0 Å². The molecule has 6 heteroatoms. The van der Waals surface area contributed by atoms with Crippen molar-refractivity contribution in [3.63, 3.8) is 0 Å². The summed E-state index contributed by atoms with van der Waals surface area (Å²) in [5, 5.41) is 0. The summed E-state index contributed by atoms with van der Waals surface area (Å²) in [6.45, 7) is 0. The van der Waals surface area contributed by atoms with Gasteiger partial charge in [-0.25, -0.2) is 1.40 Å². The van der Waals surface area contributed by atoms with Crippen molar-refractivity contribution in [2.24, 2.45) is 0 Å². The maximum absolute atomic E-state index is 4.19. The first-order chi connectivity index (χ1) is 1.41. The predicted octanol–water partition coefficient (Wildman–Crippen LogP) is 1.20. The summed E-state index contributed by atoms with van der Waals surface area (Å²) in [5.41, 5.74) is 0. The number of hydrogen-bond acceptors (Lipinski definition) is 1. The molecule has 30 valence electrons. The normalized spacial score (nSPS) is 3.00. The Kier molecular flexibility index (Phi) is 95.5. The molecular weight excluding hydrogens is 560 g/mol. The van der Waals surface area contributed by atoms with E-state index >= 15 is 0 Å². The summed E-state index contributed by atoms with van der Waals surface area (Å²) >= 11 is 3.55. The second-order valence-corrected chi connectivity index (χ2v) is 2.62. The predicted molar refractivity (Wildman–Crippen MR) is 35.6 cm³/mol. The topological polar surface area (TPSA) is 37.7 Å². The smallest absolute Gasteiger partial charge is 2.00 e. The molecule has 0 N–H and O–H groups in total. The summed E-state index contributed by atoms with van der Waals surface area (Å²) in [5.74, 6) is 0. The van der Waals surface area contributed by atoms with Crippen molar-refractivity contribution in [1.29, 1.82) is 0 Å². The van der Waals surface area contributed by atoms with Crippen LogP contribution in [0.4, 0.5) is 0 Å². The third-order valence-corrected chi connectivity index (χ3v) is 0. The third-order valence-electron chi connectivity index (χ3n) is 0. The van der Waals surface area contributed by atoms with Crippen LogP contribution in [0.5, 0.6) is 0 Å². The number of hydrogen-bond donors (Lipinski definition) is 0. The average molecular weight is 560 g/mol. The SMILES string of the molecule is IOI.[Bi+3].[O-2].[Zn+2]. The van der Waals surface area contributed by atoms with E-state index in [1.165, 1.54) is 0 Å². The molecule has 0 aromatic rings. The Morgan fingerprint density at radius 2 is 1.17 bits per heavy atom. The molecule has 0 atom stereocenters. The Morgan fingerprint density at radius 1 is 1.17 bits per heavy atom. The van der Waals surface area contributed by atoms with Gasteiger partial charge in [-0.05, 0) is 0 Å². The van der Waals surface area contributed by atoms with Crippen LogP contribution in [0.1, 0.15) is 0 Å². The summed E-state index contributed by atoms with van der Waals surface area (Å²) in [7, 11) is 0.